The summed E-state index contributed by atoms with van der Waals surface area (Å²) in [7, 11) is 0. The maximum absolute atomic E-state index is 5.65. The molecule has 0 spiro atoms. The van der Waals surface area contributed by atoms with E-state index in [0.29, 0.717) is 25.3 Å². The molecule has 4 heteroatoms. The van der Waals surface area contributed by atoms with Crippen LogP contribution in [0.4, 0.5) is 0 Å². The van der Waals surface area contributed by atoms with E-state index >= 15 is 0 Å². The van der Waals surface area contributed by atoms with Gasteiger partial charge >= 0.3 is 0 Å². The molecule has 0 amide bonds. The molecule has 2 aliphatic heterocycles. The van der Waals surface area contributed by atoms with Gasteiger partial charge < -0.3 is 14.8 Å². The molecule has 4 nitrogen and oxygen atoms in total. The molecule has 0 aliphatic carbocycles. The fourth-order valence-corrected chi connectivity index (χ4v) is 2.77. The summed E-state index contributed by atoms with van der Waals surface area (Å²) < 4.78 is 11.2. The molecule has 19 heavy (non-hydrogen) atoms. The second kappa shape index (κ2) is 5.39. The van der Waals surface area contributed by atoms with Gasteiger partial charge in [-0.05, 0) is 31.5 Å². The Morgan fingerprint density at radius 1 is 1.21 bits per heavy atom. The minimum absolute atomic E-state index is 0.547. The molecule has 0 bridgehead atoms. The van der Waals surface area contributed by atoms with E-state index < -0.39 is 0 Å². The lowest BCUT2D eigenvalue weighted by Gasteiger charge is -2.38. The van der Waals surface area contributed by atoms with Crippen LogP contribution in [-0.2, 0) is 6.54 Å². The molecule has 0 unspecified atom stereocenters. The van der Waals surface area contributed by atoms with E-state index in [4.69, 9.17) is 9.47 Å². The molecule has 104 valence electrons. The SMILES string of the molecule is C[C@H]1NCCN(Cc2ccc3c(c2)OCCO3)[C@H]1C. The smallest absolute Gasteiger partial charge is 0.161 e. The first-order valence-electron chi connectivity index (χ1n) is 7.10. The summed E-state index contributed by atoms with van der Waals surface area (Å²) in [6.45, 7) is 8.98. The van der Waals surface area contributed by atoms with Crippen molar-refractivity contribution < 1.29 is 9.47 Å². The van der Waals surface area contributed by atoms with Crippen molar-refractivity contribution in [2.45, 2.75) is 32.5 Å². The van der Waals surface area contributed by atoms with E-state index in [1.807, 2.05) is 6.07 Å². The van der Waals surface area contributed by atoms with Crippen LogP contribution >= 0.6 is 0 Å². The highest BCUT2D eigenvalue weighted by molar-refractivity contribution is 5.43. The van der Waals surface area contributed by atoms with Crippen molar-refractivity contribution >= 4 is 0 Å². The van der Waals surface area contributed by atoms with Gasteiger partial charge in [-0.2, -0.15) is 0 Å². The van der Waals surface area contributed by atoms with Crippen molar-refractivity contribution in [2.75, 3.05) is 26.3 Å². The number of nitrogens with one attached hydrogen (secondary N) is 1. The van der Waals surface area contributed by atoms with E-state index in [1.54, 1.807) is 0 Å². The highest BCUT2D eigenvalue weighted by atomic mass is 16.6. The standard InChI is InChI=1S/C15H22N2O2/c1-11-12(2)17(6-5-16-11)10-13-3-4-14-15(9-13)19-8-7-18-14/h3-4,9,11-12,16H,5-8,10H2,1-2H3/t11-,12+/m1/s1. The van der Waals surface area contributed by atoms with Gasteiger partial charge in [-0.15, -0.1) is 0 Å². The Hall–Kier alpha value is -1.26. The fourth-order valence-electron chi connectivity index (χ4n) is 2.77. The molecule has 2 atom stereocenters. The number of ether oxygens (including phenoxy) is 2. The predicted molar refractivity (Wildman–Crippen MR) is 74.8 cm³/mol. The molecular formula is C15H22N2O2. The van der Waals surface area contributed by atoms with Crippen molar-refractivity contribution in [3.8, 4) is 11.5 Å². The van der Waals surface area contributed by atoms with Crippen LogP contribution < -0.4 is 14.8 Å². The van der Waals surface area contributed by atoms with Crippen LogP contribution in [-0.4, -0.2) is 43.3 Å². The zero-order chi connectivity index (χ0) is 13.2. The van der Waals surface area contributed by atoms with E-state index in [1.165, 1.54) is 5.56 Å². The molecule has 1 aromatic carbocycles. The van der Waals surface area contributed by atoms with Crippen LogP contribution in [0, 0.1) is 0 Å². The first-order chi connectivity index (χ1) is 9.24. The highest BCUT2D eigenvalue weighted by Gasteiger charge is 2.24. The van der Waals surface area contributed by atoms with Crippen LogP contribution in [0.25, 0.3) is 0 Å². The molecule has 1 saturated heterocycles. The number of piperazine rings is 1. The van der Waals surface area contributed by atoms with Gasteiger partial charge in [0.1, 0.15) is 13.2 Å². The van der Waals surface area contributed by atoms with Crippen molar-refractivity contribution in [1.82, 2.24) is 10.2 Å². The van der Waals surface area contributed by atoms with Gasteiger partial charge in [-0.3, -0.25) is 4.90 Å². The van der Waals surface area contributed by atoms with Crippen LogP contribution in [0.1, 0.15) is 19.4 Å². The quantitative estimate of drug-likeness (QED) is 0.878. The Kier molecular flexibility index (Phi) is 3.62. The molecule has 0 saturated carbocycles. The first-order valence-corrected chi connectivity index (χ1v) is 7.10. The second-order valence-corrected chi connectivity index (χ2v) is 5.43. The lowest BCUT2D eigenvalue weighted by atomic mass is 10.1. The average molecular weight is 262 g/mol. The van der Waals surface area contributed by atoms with Gasteiger partial charge in [0, 0.05) is 31.7 Å². The van der Waals surface area contributed by atoms with E-state index in [-0.39, 0.29) is 0 Å². The van der Waals surface area contributed by atoms with Crippen molar-refractivity contribution in [2.24, 2.45) is 0 Å². The summed E-state index contributed by atoms with van der Waals surface area (Å²) in [6, 6.07) is 7.40. The van der Waals surface area contributed by atoms with Crippen LogP contribution in [0.2, 0.25) is 0 Å². The molecule has 2 aliphatic rings. The summed E-state index contributed by atoms with van der Waals surface area (Å²) in [4.78, 5) is 2.52. The van der Waals surface area contributed by atoms with Crippen molar-refractivity contribution in [3.63, 3.8) is 0 Å². The van der Waals surface area contributed by atoms with Crippen LogP contribution in [0.5, 0.6) is 11.5 Å². The van der Waals surface area contributed by atoms with Gasteiger partial charge in [-0.1, -0.05) is 6.07 Å². The second-order valence-electron chi connectivity index (χ2n) is 5.43. The van der Waals surface area contributed by atoms with Gasteiger partial charge in [-0.25, -0.2) is 0 Å². The van der Waals surface area contributed by atoms with Gasteiger partial charge in [0.05, 0.1) is 0 Å². The maximum Gasteiger partial charge on any atom is 0.161 e. The maximum atomic E-state index is 5.65. The molecule has 1 N–H and O–H groups in total. The Bertz CT molecular complexity index is 450. The normalized spacial score (nSPS) is 27.3. The van der Waals surface area contributed by atoms with Crippen molar-refractivity contribution in [3.05, 3.63) is 23.8 Å². The molecule has 0 radical (unpaired) electrons. The third-order valence-corrected chi connectivity index (χ3v) is 4.16. The van der Waals surface area contributed by atoms with Crippen molar-refractivity contribution in [1.29, 1.82) is 0 Å². The van der Waals surface area contributed by atoms with E-state index in [9.17, 15) is 0 Å². The fraction of sp³-hybridized carbons (Fsp3) is 0.600. The number of fused-ring (bicyclic) bond motifs is 1. The molecule has 0 aromatic heterocycles. The zero-order valence-electron chi connectivity index (χ0n) is 11.7. The molecule has 1 fully saturated rings. The third kappa shape index (κ3) is 2.69. The van der Waals surface area contributed by atoms with Gasteiger partial charge in [0.2, 0.25) is 0 Å². The summed E-state index contributed by atoms with van der Waals surface area (Å²) in [5, 5.41) is 3.51. The number of hydrogen-bond acceptors (Lipinski definition) is 4. The highest BCUT2D eigenvalue weighted by Crippen LogP contribution is 2.31. The number of rotatable bonds is 2. The van der Waals surface area contributed by atoms with Gasteiger partial charge in [0.25, 0.3) is 0 Å². The molecule has 1 aromatic rings. The third-order valence-electron chi connectivity index (χ3n) is 4.16. The molecule has 2 heterocycles. The Morgan fingerprint density at radius 3 is 2.84 bits per heavy atom. The summed E-state index contributed by atoms with van der Waals surface area (Å²) in [5.74, 6) is 1.76. The average Bonchev–Trinajstić information content (AvgIpc) is 2.44. The van der Waals surface area contributed by atoms with E-state index in [2.05, 4.69) is 36.2 Å². The largest absolute Gasteiger partial charge is 0.486 e. The van der Waals surface area contributed by atoms with Crippen LogP contribution in [0.15, 0.2) is 18.2 Å². The Morgan fingerprint density at radius 2 is 2.00 bits per heavy atom. The monoisotopic (exact) mass is 262 g/mol. The first kappa shape index (κ1) is 12.8. The topological polar surface area (TPSA) is 33.7 Å². The predicted octanol–water partition coefficient (Wildman–Crippen LogP) is 1.64. The summed E-state index contributed by atoms with van der Waals surface area (Å²) in [5.41, 5.74) is 1.30. The number of nitrogens with zero attached hydrogens (tertiary/aromatic N) is 1. The van der Waals surface area contributed by atoms with E-state index in [0.717, 1.165) is 31.1 Å². The number of benzene rings is 1. The number of hydrogen-bond donors (Lipinski definition) is 1. The van der Waals surface area contributed by atoms with Crippen LogP contribution in [0.3, 0.4) is 0 Å². The molecule has 3 rings (SSSR count). The summed E-state index contributed by atoms with van der Waals surface area (Å²) in [6.07, 6.45) is 0. The minimum atomic E-state index is 0.547. The lowest BCUT2D eigenvalue weighted by Crippen LogP contribution is -2.54. The Balaban J connectivity index is 1.72. The molecular weight excluding hydrogens is 240 g/mol. The van der Waals surface area contributed by atoms with Gasteiger partial charge in [0.15, 0.2) is 11.5 Å². The summed E-state index contributed by atoms with van der Waals surface area (Å²) >= 11 is 0. The minimum Gasteiger partial charge on any atom is -0.486 e. The lowest BCUT2D eigenvalue weighted by molar-refractivity contribution is 0.130. The zero-order valence-corrected chi connectivity index (χ0v) is 11.7. The Labute approximate surface area is 114 Å².